The van der Waals surface area contributed by atoms with Crippen molar-refractivity contribution in [2.75, 3.05) is 22.5 Å². The molecule has 0 aliphatic carbocycles. The van der Waals surface area contributed by atoms with Gasteiger partial charge in [-0.3, -0.25) is 9.89 Å². The molecular formula is C11H15N7OS. The zero-order valence-corrected chi connectivity index (χ0v) is 11.9. The van der Waals surface area contributed by atoms with Crippen molar-refractivity contribution in [3.8, 4) is 0 Å². The van der Waals surface area contributed by atoms with Crippen LogP contribution in [0, 0.1) is 13.8 Å². The third-order valence-electron chi connectivity index (χ3n) is 2.47. The van der Waals surface area contributed by atoms with Crippen molar-refractivity contribution in [1.29, 1.82) is 0 Å². The first-order valence-electron chi connectivity index (χ1n) is 5.80. The van der Waals surface area contributed by atoms with Crippen LogP contribution in [0.2, 0.25) is 0 Å². The number of aryl methyl sites for hydroxylation is 2. The van der Waals surface area contributed by atoms with Crippen molar-refractivity contribution >= 4 is 35.0 Å². The van der Waals surface area contributed by atoms with Gasteiger partial charge in [0.05, 0.1) is 22.8 Å². The molecule has 0 saturated carbocycles. The van der Waals surface area contributed by atoms with Crippen LogP contribution in [-0.2, 0) is 4.79 Å². The summed E-state index contributed by atoms with van der Waals surface area (Å²) in [6, 6.07) is 1.46. The van der Waals surface area contributed by atoms with Gasteiger partial charge < -0.3 is 16.8 Å². The lowest BCUT2D eigenvalue weighted by Crippen LogP contribution is -2.15. The van der Waals surface area contributed by atoms with Gasteiger partial charge in [0.2, 0.25) is 5.91 Å². The van der Waals surface area contributed by atoms with E-state index >= 15 is 0 Å². The summed E-state index contributed by atoms with van der Waals surface area (Å²) in [6.45, 7) is 3.65. The number of hydrogen-bond donors (Lipinski definition) is 4. The standard InChI is InChI=1S/C11H15N7OS/c1-5-10(6(2)18-17-5)16-9(19)4-20-11-14-7(12)3-8(13)15-11/h3H,4H2,1-2H3,(H,16,19)(H,17,18)(H4,12,13,14,15). The van der Waals surface area contributed by atoms with Crippen LogP contribution in [-0.4, -0.2) is 31.8 Å². The fourth-order valence-corrected chi connectivity index (χ4v) is 2.24. The Morgan fingerprint density at radius 2 is 2.00 bits per heavy atom. The fraction of sp³-hybridized carbons (Fsp3) is 0.273. The predicted octanol–water partition coefficient (Wildman–Crippen LogP) is 0.712. The van der Waals surface area contributed by atoms with Crippen LogP contribution in [0.15, 0.2) is 11.2 Å². The summed E-state index contributed by atoms with van der Waals surface area (Å²) in [5, 5.41) is 9.97. The first kappa shape index (κ1) is 14.1. The van der Waals surface area contributed by atoms with Crippen LogP contribution in [0.3, 0.4) is 0 Å². The number of carbonyl (C=O) groups excluding carboxylic acids is 1. The number of aromatic nitrogens is 4. The summed E-state index contributed by atoms with van der Waals surface area (Å²) in [7, 11) is 0. The van der Waals surface area contributed by atoms with Crippen molar-refractivity contribution in [1.82, 2.24) is 20.2 Å². The first-order valence-corrected chi connectivity index (χ1v) is 6.78. The van der Waals surface area contributed by atoms with Gasteiger partial charge in [0, 0.05) is 6.07 Å². The van der Waals surface area contributed by atoms with Gasteiger partial charge in [-0.2, -0.15) is 5.10 Å². The zero-order valence-electron chi connectivity index (χ0n) is 11.1. The summed E-state index contributed by atoms with van der Waals surface area (Å²) in [6.07, 6.45) is 0. The number of nitrogen functional groups attached to an aromatic ring is 2. The highest BCUT2D eigenvalue weighted by atomic mass is 32.2. The van der Waals surface area contributed by atoms with Gasteiger partial charge in [-0.25, -0.2) is 9.97 Å². The number of H-pyrrole nitrogens is 1. The quantitative estimate of drug-likeness (QED) is 0.481. The van der Waals surface area contributed by atoms with Gasteiger partial charge in [0.25, 0.3) is 0 Å². The molecule has 106 valence electrons. The molecule has 0 aliphatic rings. The molecule has 2 aromatic rings. The number of carbonyl (C=O) groups is 1. The highest BCUT2D eigenvalue weighted by molar-refractivity contribution is 7.99. The smallest absolute Gasteiger partial charge is 0.234 e. The maximum absolute atomic E-state index is 11.9. The summed E-state index contributed by atoms with van der Waals surface area (Å²) in [5.74, 6) is 0.545. The third kappa shape index (κ3) is 3.38. The van der Waals surface area contributed by atoms with Crippen molar-refractivity contribution in [2.45, 2.75) is 19.0 Å². The van der Waals surface area contributed by atoms with E-state index in [0.29, 0.717) is 10.8 Å². The molecule has 0 aromatic carbocycles. The van der Waals surface area contributed by atoms with Crippen LogP contribution in [0.5, 0.6) is 0 Å². The molecule has 2 aromatic heterocycles. The van der Waals surface area contributed by atoms with Crippen LogP contribution in [0.1, 0.15) is 11.4 Å². The van der Waals surface area contributed by atoms with E-state index in [1.165, 1.54) is 17.8 Å². The third-order valence-corrected chi connectivity index (χ3v) is 3.32. The second-order valence-electron chi connectivity index (χ2n) is 4.15. The van der Waals surface area contributed by atoms with Gasteiger partial charge in [-0.15, -0.1) is 0 Å². The Labute approximate surface area is 119 Å². The molecule has 0 spiro atoms. The Bertz CT molecular complexity index is 600. The lowest BCUT2D eigenvalue weighted by atomic mass is 10.3. The van der Waals surface area contributed by atoms with Crippen molar-refractivity contribution in [2.24, 2.45) is 0 Å². The molecule has 2 heterocycles. The molecule has 0 bridgehead atoms. The Hall–Kier alpha value is -2.29. The van der Waals surface area contributed by atoms with Crippen LogP contribution in [0.4, 0.5) is 17.3 Å². The monoisotopic (exact) mass is 293 g/mol. The number of aromatic amines is 1. The molecule has 0 fully saturated rings. The largest absolute Gasteiger partial charge is 0.383 e. The molecule has 0 aliphatic heterocycles. The number of rotatable bonds is 4. The minimum atomic E-state index is -0.174. The SMILES string of the molecule is Cc1n[nH]c(C)c1NC(=O)CSc1nc(N)cc(N)n1. The number of thioether (sulfide) groups is 1. The van der Waals surface area contributed by atoms with E-state index in [-0.39, 0.29) is 23.3 Å². The molecule has 20 heavy (non-hydrogen) atoms. The van der Waals surface area contributed by atoms with Crippen LogP contribution in [0.25, 0.3) is 0 Å². The van der Waals surface area contributed by atoms with E-state index in [2.05, 4.69) is 25.5 Å². The average molecular weight is 293 g/mol. The normalized spacial score (nSPS) is 10.5. The second-order valence-corrected chi connectivity index (χ2v) is 5.09. The Morgan fingerprint density at radius 3 is 2.55 bits per heavy atom. The van der Waals surface area contributed by atoms with E-state index in [1.807, 2.05) is 13.8 Å². The van der Waals surface area contributed by atoms with E-state index in [1.54, 1.807) is 0 Å². The molecule has 2 rings (SSSR count). The number of nitrogens with one attached hydrogen (secondary N) is 2. The molecule has 8 nitrogen and oxygen atoms in total. The molecule has 1 amide bonds. The van der Waals surface area contributed by atoms with Gasteiger partial charge in [0.1, 0.15) is 11.6 Å². The summed E-state index contributed by atoms with van der Waals surface area (Å²) in [5.41, 5.74) is 13.4. The van der Waals surface area contributed by atoms with Crippen molar-refractivity contribution < 1.29 is 4.79 Å². The second kappa shape index (κ2) is 5.78. The van der Waals surface area contributed by atoms with E-state index in [9.17, 15) is 4.79 Å². The zero-order chi connectivity index (χ0) is 14.7. The van der Waals surface area contributed by atoms with Crippen molar-refractivity contribution in [3.63, 3.8) is 0 Å². The first-order chi connectivity index (χ1) is 9.45. The minimum absolute atomic E-state index is 0.160. The highest BCUT2D eigenvalue weighted by Crippen LogP contribution is 2.19. The van der Waals surface area contributed by atoms with Gasteiger partial charge in [-0.1, -0.05) is 11.8 Å². The molecule has 0 atom stereocenters. The minimum Gasteiger partial charge on any atom is -0.383 e. The number of amides is 1. The van der Waals surface area contributed by atoms with E-state index in [0.717, 1.165) is 11.4 Å². The number of anilines is 3. The topological polar surface area (TPSA) is 136 Å². The van der Waals surface area contributed by atoms with Crippen LogP contribution >= 0.6 is 11.8 Å². The predicted molar refractivity (Wildman–Crippen MR) is 78.3 cm³/mol. The van der Waals surface area contributed by atoms with E-state index < -0.39 is 0 Å². The molecule has 9 heteroatoms. The van der Waals surface area contributed by atoms with Crippen molar-refractivity contribution in [3.05, 3.63) is 17.5 Å². The van der Waals surface area contributed by atoms with Gasteiger partial charge in [-0.05, 0) is 13.8 Å². The maximum atomic E-state index is 11.9. The van der Waals surface area contributed by atoms with Gasteiger partial charge >= 0.3 is 0 Å². The van der Waals surface area contributed by atoms with Gasteiger partial charge in [0.15, 0.2) is 5.16 Å². The lowest BCUT2D eigenvalue weighted by molar-refractivity contribution is -0.113. The fourth-order valence-electron chi connectivity index (χ4n) is 1.57. The molecule has 6 N–H and O–H groups in total. The Morgan fingerprint density at radius 1 is 1.35 bits per heavy atom. The van der Waals surface area contributed by atoms with Crippen LogP contribution < -0.4 is 16.8 Å². The summed E-state index contributed by atoms with van der Waals surface area (Å²) in [4.78, 5) is 19.8. The number of nitrogens with two attached hydrogens (primary N) is 2. The van der Waals surface area contributed by atoms with E-state index in [4.69, 9.17) is 11.5 Å². The average Bonchev–Trinajstić information content (AvgIpc) is 2.67. The maximum Gasteiger partial charge on any atom is 0.234 e. The molecule has 0 unspecified atom stereocenters. The number of hydrogen-bond acceptors (Lipinski definition) is 7. The summed E-state index contributed by atoms with van der Waals surface area (Å²) >= 11 is 1.17. The molecule has 0 saturated heterocycles. The molecular weight excluding hydrogens is 278 g/mol. The Balaban J connectivity index is 1.95. The number of nitrogens with zero attached hydrogens (tertiary/aromatic N) is 3. The highest BCUT2D eigenvalue weighted by Gasteiger charge is 2.11. The summed E-state index contributed by atoms with van der Waals surface area (Å²) < 4.78 is 0. The molecule has 0 radical (unpaired) electrons. The lowest BCUT2D eigenvalue weighted by Gasteiger charge is -2.05. The Kier molecular flexibility index (Phi) is 4.08.